The Kier molecular flexibility index (Phi) is 9.96. The summed E-state index contributed by atoms with van der Waals surface area (Å²) in [6, 6.07) is 5.23. The molecule has 11 nitrogen and oxygen atoms in total. The van der Waals surface area contributed by atoms with Crippen molar-refractivity contribution < 1.29 is 28.7 Å². The fraction of sp³-hybridized carbons (Fsp3) is 0.450. The van der Waals surface area contributed by atoms with Crippen LogP contribution >= 0.6 is 0 Å². The van der Waals surface area contributed by atoms with E-state index in [1.807, 2.05) is 18.2 Å². The van der Waals surface area contributed by atoms with E-state index >= 15 is 0 Å². The Morgan fingerprint density at radius 3 is 1.61 bits per heavy atom. The molecule has 4 atom stereocenters. The summed E-state index contributed by atoms with van der Waals surface area (Å²) < 4.78 is 5.04. The molecule has 0 aliphatic heterocycles. The number of hydrogen-bond acceptors (Lipinski definition) is 6. The summed E-state index contributed by atoms with van der Waals surface area (Å²) in [5, 5.41) is 9.58. The van der Waals surface area contributed by atoms with Crippen molar-refractivity contribution in [3.63, 3.8) is 0 Å². The van der Waals surface area contributed by atoms with Gasteiger partial charge in [-0.3, -0.25) is 19.2 Å². The smallest absolute Gasteiger partial charge is 0.408 e. The van der Waals surface area contributed by atoms with Crippen LogP contribution in [0.4, 0.5) is 4.79 Å². The maximum atomic E-state index is 12.2. The minimum atomic E-state index is -0.985. The topological polar surface area (TPSA) is 169 Å². The minimum absolute atomic E-state index is 0.0497. The van der Waals surface area contributed by atoms with E-state index in [1.54, 1.807) is 12.1 Å². The largest absolute Gasteiger partial charge is 0.445 e. The summed E-state index contributed by atoms with van der Waals surface area (Å²) in [6.45, 7) is 5.74. The van der Waals surface area contributed by atoms with Crippen LogP contribution in [0.1, 0.15) is 33.3 Å². The third kappa shape index (κ3) is 9.15. The van der Waals surface area contributed by atoms with Crippen LogP contribution in [0, 0.1) is 0 Å². The third-order valence-electron chi connectivity index (χ3n) is 4.23. The van der Waals surface area contributed by atoms with Crippen molar-refractivity contribution in [2.75, 3.05) is 0 Å². The molecule has 0 saturated carbocycles. The van der Waals surface area contributed by atoms with Gasteiger partial charge in [-0.15, -0.1) is 0 Å². The number of nitrogens with two attached hydrogens (primary N) is 1. The average Bonchev–Trinajstić information content (AvgIpc) is 2.72. The van der Waals surface area contributed by atoms with Crippen LogP contribution in [0.5, 0.6) is 0 Å². The van der Waals surface area contributed by atoms with Gasteiger partial charge in [0.05, 0.1) is 0 Å². The maximum absolute atomic E-state index is 12.2. The fourth-order valence-electron chi connectivity index (χ4n) is 2.22. The summed E-state index contributed by atoms with van der Waals surface area (Å²) in [6.07, 6.45) is -0.780. The first-order valence-electron chi connectivity index (χ1n) is 9.69. The highest BCUT2D eigenvalue weighted by molar-refractivity contribution is 5.94. The molecule has 0 spiro atoms. The number of ether oxygens (including phenoxy) is 1. The summed E-state index contributed by atoms with van der Waals surface area (Å²) in [7, 11) is 0. The Bertz CT molecular complexity index is 801. The molecule has 0 fully saturated rings. The number of rotatable bonds is 10. The lowest BCUT2D eigenvalue weighted by atomic mass is 10.2. The van der Waals surface area contributed by atoms with Crippen LogP contribution in [0.25, 0.3) is 0 Å². The minimum Gasteiger partial charge on any atom is -0.445 e. The van der Waals surface area contributed by atoms with E-state index in [0.29, 0.717) is 0 Å². The van der Waals surface area contributed by atoms with Crippen molar-refractivity contribution in [1.29, 1.82) is 0 Å². The lowest BCUT2D eigenvalue weighted by Crippen LogP contribution is -2.55. The van der Waals surface area contributed by atoms with Gasteiger partial charge in [-0.05, 0) is 33.3 Å². The summed E-state index contributed by atoms with van der Waals surface area (Å²) in [5.41, 5.74) is 5.87. The number of amides is 5. The highest BCUT2D eigenvalue weighted by Crippen LogP contribution is 2.01. The fourth-order valence-corrected chi connectivity index (χ4v) is 2.22. The van der Waals surface area contributed by atoms with Gasteiger partial charge < -0.3 is 31.7 Å². The maximum Gasteiger partial charge on any atom is 0.408 e. The van der Waals surface area contributed by atoms with Gasteiger partial charge in [0.1, 0.15) is 30.8 Å². The van der Waals surface area contributed by atoms with Gasteiger partial charge in [0.25, 0.3) is 0 Å². The number of benzene rings is 1. The molecule has 5 amide bonds. The first-order chi connectivity index (χ1) is 14.5. The lowest BCUT2D eigenvalue weighted by molar-refractivity contribution is -0.132. The van der Waals surface area contributed by atoms with Gasteiger partial charge in [0.2, 0.25) is 23.6 Å². The van der Waals surface area contributed by atoms with Gasteiger partial charge in [-0.2, -0.15) is 0 Å². The highest BCUT2D eigenvalue weighted by atomic mass is 16.5. The molecule has 0 unspecified atom stereocenters. The van der Waals surface area contributed by atoms with Gasteiger partial charge in [-0.25, -0.2) is 4.79 Å². The summed E-state index contributed by atoms with van der Waals surface area (Å²) >= 11 is 0. The second-order valence-electron chi connectivity index (χ2n) is 7.02. The molecule has 1 rings (SSSR count). The number of carbonyl (C=O) groups is 5. The van der Waals surface area contributed by atoms with Crippen LogP contribution in [0.2, 0.25) is 0 Å². The zero-order valence-corrected chi connectivity index (χ0v) is 17.9. The molecule has 0 aliphatic carbocycles. The van der Waals surface area contributed by atoms with Crippen LogP contribution in [0.15, 0.2) is 30.3 Å². The first kappa shape index (κ1) is 25.4. The Balaban J connectivity index is 2.43. The average molecular weight is 435 g/mol. The predicted molar refractivity (Wildman–Crippen MR) is 111 cm³/mol. The quantitative estimate of drug-likeness (QED) is 0.325. The Hall–Kier alpha value is -3.63. The molecule has 11 heteroatoms. The van der Waals surface area contributed by atoms with Crippen molar-refractivity contribution in [3.05, 3.63) is 35.9 Å². The summed E-state index contributed by atoms with van der Waals surface area (Å²) in [5.74, 6) is -2.55. The molecule has 1 aromatic carbocycles. The molecular weight excluding hydrogens is 406 g/mol. The normalized spacial score (nSPS) is 14.2. The molecule has 0 aliphatic rings. The van der Waals surface area contributed by atoms with Crippen molar-refractivity contribution in [3.8, 4) is 0 Å². The van der Waals surface area contributed by atoms with Gasteiger partial charge >= 0.3 is 6.09 Å². The van der Waals surface area contributed by atoms with Gasteiger partial charge in [0, 0.05) is 0 Å². The number of primary amides is 1. The molecule has 1 aromatic rings. The van der Waals surface area contributed by atoms with Crippen LogP contribution < -0.4 is 27.0 Å². The second kappa shape index (κ2) is 12.2. The molecule has 0 radical (unpaired) electrons. The predicted octanol–water partition coefficient (Wildman–Crippen LogP) is -0.699. The van der Waals surface area contributed by atoms with Crippen molar-refractivity contribution in [2.24, 2.45) is 5.73 Å². The van der Waals surface area contributed by atoms with Crippen LogP contribution in [-0.4, -0.2) is 53.9 Å². The number of hydrogen-bond donors (Lipinski definition) is 5. The molecule has 0 saturated heterocycles. The van der Waals surface area contributed by atoms with E-state index < -0.39 is 53.9 Å². The molecular formula is C20H29N5O6. The standard InChI is InChI=1S/C20H29N5O6/c1-11(16(21)26)22-17(27)12(2)23-18(28)13(3)24-19(29)14(4)25-20(30)31-10-15-8-6-5-7-9-15/h5-9,11-14H,10H2,1-4H3,(H2,21,26)(H,22,27)(H,23,28)(H,24,29)(H,25,30)/t11-,12-,13-,14-/m0/s1. The van der Waals surface area contributed by atoms with Crippen molar-refractivity contribution in [1.82, 2.24) is 21.3 Å². The number of nitrogens with one attached hydrogen (secondary N) is 4. The van der Waals surface area contributed by atoms with Crippen LogP contribution in [-0.2, 0) is 30.5 Å². The molecule has 0 heterocycles. The monoisotopic (exact) mass is 435 g/mol. The van der Waals surface area contributed by atoms with E-state index in [-0.39, 0.29) is 6.61 Å². The SMILES string of the molecule is C[C@H](NC(=O)[C@H](C)NC(=O)[C@H](C)NC(=O)[C@H](C)NC(=O)OCc1ccccc1)C(N)=O. The molecule has 170 valence electrons. The number of alkyl carbamates (subject to hydrolysis) is 1. The van der Waals surface area contributed by atoms with Gasteiger partial charge in [-0.1, -0.05) is 30.3 Å². The molecule has 31 heavy (non-hydrogen) atoms. The summed E-state index contributed by atoms with van der Waals surface area (Å²) in [4.78, 5) is 59.2. The first-order valence-corrected chi connectivity index (χ1v) is 9.69. The van der Waals surface area contributed by atoms with E-state index in [9.17, 15) is 24.0 Å². The molecule has 6 N–H and O–H groups in total. The van der Waals surface area contributed by atoms with E-state index in [0.717, 1.165) is 5.56 Å². The van der Waals surface area contributed by atoms with E-state index in [2.05, 4.69) is 21.3 Å². The molecule has 0 aromatic heterocycles. The van der Waals surface area contributed by atoms with E-state index in [1.165, 1.54) is 27.7 Å². The zero-order chi connectivity index (χ0) is 23.6. The van der Waals surface area contributed by atoms with Crippen molar-refractivity contribution in [2.45, 2.75) is 58.5 Å². The Morgan fingerprint density at radius 1 is 0.742 bits per heavy atom. The van der Waals surface area contributed by atoms with Crippen LogP contribution in [0.3, 0.4) is 0 Å². The Labute approximate surface area is 180 Å². The lowest BCUT2D eigenvalue weighted by Gasteiger charge is -2.21. The second-order valence-corrected chi connectivity index (χ2v) is 7.02. The molecule has 0 bridgehead atoms. The third-order valence-corrected chi connectivity index (χ3v) is 4.23. The van der Waals surface area contributed by atoms with Crippen molar-refractivity contribution >= 4 is 29.7 Å². The van der Waals surface area contributed by atoms with Gasteiger partial charge in [0.15, 0.2) is 0 Å². The number of carbonyl (C=O) groups excluding carboxylic acids is 5. The highest BCUT2D eigenvalue weighted by Gasteiger charge is 2.25. The zero-order valence-electron chi connectivity index (χ0n) is 17.9. The van der Waals surface area contributed by atoms with E-state index in [4.69, 9.17) is 10.5 Å². The Morgan fingerprint density at radius 2 is 1.16 bits per heavy atom.